The van der Waals surface area contributed by atoms with Gasteiger partial charge >= 0.3 is 17.9 Å². The second-order valence-electron chi connectivity index (χ2n) is 24.8. The largest absolute Gasteiger partial charge is 0.479 e. The molecule has 8 aliphatic rings. The number of allylic oxidation sites excluding steroid dienone is 2. The van der Waals surface area contributed by atoms with E-state index in [-0.39, 0.29) is 31.3 Å². The van der Waals surface area contributed by atoms with E-state index in [4.69, 9.17) is 37.9 Å². The molecule has 434 valence electrons. The molecule has 5 aliphatic carbocycles. The van der Waals surface area contributed by atoms with Crippen LogP contribution in [-0.2, 0) is 52.3 Å². The fourth-order valence-electron chi connectivity index (χ4n) is 16.0. The number of aliphatic carboxylic acids is 1. The number of hydrogen-bond acceptors (Lipinski definition) is 23. The Morgan fingerprint density at radius 2 is 1.24 bits per heavy atom. The van der Waals surface area contributed by atoms with Crippen LogP contribution in [0.15, 0.2) is 11.6 Å². The Morgan fingerprint density at radius 3 is 1.76 bits per heavy atom. The first-order valence-corrected chi connectivity index (χ1v) is 26.6. The van der Waals surface area contributed by atoms with E-state index in [2.05, 4.69) is 26.8 Å². The van der Waals surface area contributed by atoms with Crippen LogP contribution >= 0.6 is 0 Å². The smallest absolute Gasteiger partial charge is 0.335 e. The Labute approximate surface area is 440 Å². The van der Waals surface area contributed by atoms with Gasteiger partial charge in [-0.05, 0) is 78.9 Å². The molecule has 8 rings (SSSR count). The molecular formula is C52H82O24. The van der Waals surface area contributed by atoms with Crippen molar-refractivity contribution in [1.29, 1.82) is 0 Å². The Morgan fingerprint density at radius 1 is 0.658 bits per heavy atom. The first-order chi connectivity index (χ1) is 35.4. The quantitative estimate of drug-likeness (QED) is 0.0525. The third-order valence-corrected chi connectivity index (χ3v) is 20.3. The molecule has 24 nitrogen and oxygen atoms in total. The lowest BCUT2D eigenvalue weighted by molar-refractivity contribution is -0.392. The van der Waals surface area contributed by atoms with E-state index in [1.165, 1.54) is 13.8 Å². The minimum Gasteiger partial charge on any atom is -0.479 e. The molecule has 0 radical (unpaired) electrons. The van der Waals surface area contributed by atoms with Gasteiger partial charge in [-0.15, -0.1) is 0 Å². The second-order valence-corrected chi connectivity index (χ2v) is 24.8. The Hall–Kier alpha value is -2.57. The monoisotopic (exact) mass is 1090 g/mol. The van der Waals surface area contributed by atoms with Crippen LogP contribution in [0.4, 0.5) is 0 Å². The maximum atomic E-state index is 13.1. The van der Waals surface area contributed by atoms with E-state index < -0.39 is 193 Å². The number of fused-ring (bicyclic) bond motifs is 7. The molecule has 4 saturated carbocycles. The molecule has 0 bridgehead atoms. The van der Waals surface area contributed by atoms with Gasteiger partial charge in [0, 0.05) is 24.7 Å². The average Bonchev–Trinajstić information content (AvgIpc) is 3.35. The Kier molecular flexibility index (Phi) is 16.8. The van der Waals surface area contributed by atoms with Crippen LogP contribution in [0.3, 0.4) is 0 Å². The molecule has 0 amide bonds. The van der Waals surface area contributed by atoms with E-state index in [0.717, 1.165) is 5.57 Å². The third kappa shape index (κ3) is 9.37. The summed E-state index contributed by atoms with van der Waals surface area (Å²) in [5.41, 5.74) is -4.00. The van der Waals surface area contributed by atoms with E-state index in [0.29, 0.717) is 32.1 Å². The van der Waals surface area contributed by atoms with Crippen molar-refractivity contribution in [3.05, 3.63) is 11.6 Å². The summed E-state index contributed by atoms with van der Waals surface area (Å²) in [7, 11) is 0. The SMILES string of the molecule is CC(=O)OC[C@@]12[C@H](O)C[C@]3(C)C(=CC[C@@H]4[C@@]5(C)CC[C@@H](O[C@@H]6O[C@H](C(=O)O)[C@@H](O[C@@H]7O[C@H](CO)[C@@H](O)[C@H](O)[C@H]7O)[C@H](O)[C@H]6O[C@@H]6O[C@H](CO)[C@@H](O)[C@H](O)[C@H]6O)[C@](C)(CO)[C@@H]5CC[C@]43C)[C@@H]1CC(C)(C)[C@@H](OC(C)=O)[C@@H]2O. The molecule has 13 N–H and O–H groups in total. The number of esters is 2. The number of hydrogen-bond donors (Lipinski definition) is 13. The van der Waals surface area contributed by atoms with E-state index >= 15 is 0 Å². The number of rotatable bonds is 13. The summed E-state index contributed by atoms with van der Waals surface area (Å²) in [6.45, 7) is 12.3. The van der Waals surface area contributed by atoms with Gasteiger partial charge in [-0.1, -0.05) is 53.2 Å². The number of ether oxygens (including phenoxy) is 8. The molecule has 0 aromatic heterocycles. The summed E-state index contributed by atoms with van der Waals surface area (Å²) >= 11 is 0. The topological polar surface area (TPSA) is 388 Å². The van der Waals surface area contributed by atoms with Crippen molar-refractivity contribution in [2.24, 2.45) is 50.2 Å². The normalized spacial score (nSPS) is 51.9. The van der Waals surface area contributed by atoms with Gasteiger partial charge in [-0.2, -0.15) is 0 Å². The number of carboxylic acids is 1. The molecule has 3 heterocycles. The van der Waals surface area contributed by atoms with Gasteiger partial charge in [-0.25, -0.2) is 4.79 Å². The van der Waals surface area contributed by atoms with Crippen molar-refractivity contribution in [3.8, 4) is 0 Å². The van der Waals surface area contributed by atoms with Crippen LogP contribution in [0.25, 0.3) is 0 Å². The van der Waals surface area contributed by atoms with Crippen molar-refractivity contribution < 1.29 is 119 Å². The molecule has 3 saturated heterocycles. The van der Waals surface area contributed by atoms with Crippen molar-refractivity contribution in [3.63, 3.8) is 0 Å². The molecule has 76 heavy (non-hydrogen) atoms. The number of carbonyl (C=O) groups excluding carboxylic acids is 2. The maximum Gasteiger partial charge on any atom is 0.335 e. The van der Waals surface area contributed by atoms with Gasteiger partial charge in [0.15, 0.2) is 25.0 Å². The minimum absolute atomic E-state index is 0.0745. The van der Waals surface area contributed by atoms with Gasteiger partial charge in [0.25, 0.3) is 0 Å². The number of carboxylic acid groups (broad SMARTS) is 1. The fraction of sp³-hybridized carbons (Fsp3) is 0.904. The first-order valence-electron chi connectivity index (χ1n) is 26.6. The Balaban J connectivity index is 1.11. The predicted octanol–water partition coefficient (Wildman–Crippen LogP) is -2.27. The molecule has 0 aromatic rings. The van der Waals surface area contributed by atoms with Crippen LogP contribution in [0.5, 0.6) is 0 Å². The van der Waals surface area contributed by atoms with Gasteiger partial charge < -0.3 is 104 Å². The molecule has 0 unspecified atom stereocenters. The van der Waals surface area contributed by atoms with Gasteiger partial charge in [0.2, 0.25) is 0 Å². The molecule has 7 fully saturated rings. The summed E-state index contributed by atoms with van der Waals surface area (Å²) < 4.78 is 47.3. The summed E-state index contributed by atoms with van der Waals surface area (Å²) in [5.74, 6) is -3.77. The van der Waals surface area contributed by atoms with E-state index in [1.54, 1.807) is 0 Å². The maximum absolute atomic E-state index is 13.1. The van der Waals surface area contributed by atoms with E-state index in [9.17, 15) is 80.8 Å². The van der Waals surface area contributed by atoms with Crippen LogP contribution in [0, 0.1) is 50.2 Å². The highest BCUT2D eigenvalue weighted by molar-refractivity contribution is 5.73. The van der Waals surface area contributed by atoms with Gasteiger partial charge in [0.1, 0.15) is 86.0 Å². The van der Waals surface area contributed by atoms with Crippen molar-refractivity contribution in [1.82, 2.24) is 0 Å². The van der Waals surface area contributed by atoms with Crippen molar-refractivity contribution >= 4 is 17.9 Å². The molecule has 24 heteroatoms. The molecule has 0 aromatic carbocycles. The van der Waals surface area contributed by atoms with Crippen LogP contribution in [-0.4, -0.2) is 227 Å². The molecular weight excluding hydrogens is 1010 g/mol. The lowest BCUT2D eigenvalue weighted by atomic mass is 9.33. The Bertz CT molecular complexity index is 2160. The lowest BCUT2D eigenvalue weighted by Crippen LogP contribution is -2.72. The highest BCUT2D eigenvalue weighted by Crippen LogP contribution is 2.76. The van der Waals surface area contributed by atoms with Crippen LogP contribution < -0.4 is 0 Å². The summed E-state index contributed by atoms with van der Waals surface area (Å²) in [5, 5.41) is 143. The molecule has 27 atom stereocenters. The van der Waals surface area contributed by atoms with Crippen LogP contribution in [0.1, 0.15) is 100 Å². The highest BCUT2D eigenvalue weighted by atomic mass is 16.8. The number of carbonyl (C=O) groups is 3. The van der Waals surface area contributed by atoms with Gasteiger partial charge in [0.05, 0.1) is 37.4 Å². The standard InChI is InChI=1S/C52H82O24/c1-21(56)69-20-52-24(15-47(3,4)42(41(52)66)70-22(2)57)23-9-10-28-48(5)13-12-30(49(6,19-55)27(48)11-14-50(28,7)51(23,8)16-29(52)58)73-46-39(75-45-36(64)34(62)32(60)26(18-54)72-45)37(65)38(40(76-46)43(67)68)74-44-35(63)33(61)31(59)25(17-53)71-44/h9,24-42,44-46,53-55,58-66H,10-20H2,1-8H3,(H,67,68)/t24-,25+,26+,27+,28+,29+,30+,31+,32+,33-,34-,35+,36+,37-,38-,39+,40-,41-,42-,44-,45-,46+,48-,49+,50+,51+,52-/m0/s1. The predicted molar refractivity (Wildman–Crippen MR) is 255 cm³/mol. The zero-order valence-electron chi connectivity index (χ0n) is 44.4. The first kappa shape index (κ1) is 59.5. The zero-order valence-corrected chi connectivity index (χ0v) is 44.4. The summed E-state index contributed by atoms with van der Waals surface area (Å²) in [4.78, 5) is 38.0. The number of aliphatic hydroxyl groups excluding tert-OH is 12. The average molecular weight is 1090 g/mol. The summed E-state index contributed by atoms with van der Waals surface area (Å²) in [6, 6.07) is 0. The minimum atomic E-state index is -2.17. The fourth-order valence-corrected chi connectivity index (χ4v) is 16.0. The lowest BCUT2D eigenvalue weighted by Gasteiger charge is -2.72. The van der Waals surface area contributed by atoms with Crippen molar-refractivity contribution in [2.75, 3.05) is 26.4 Å². The highest BCUT2D eigenvalue weighted by Gasteiger charge is 2.74. The second kappa shape index (κ2) is 21.4. The van der Waals surface area contributed by atoms with Gasteiger partial charge in [-0.3, -0.25) is 9.59 Å². The van der Waals surface area contributed by atoms with Crippen LogP contribution in [0.2, 0.25) is 0 Å². The number of aliphatic hydroxyl groups is 12. The van der Waals surface area contributed by atoms with Crippen molar-refractivity contribution in [2.45, 2.75) is 217 Å². The molecule has 0 spiro atoms. The van der Waals surface area contributed by atoms with E-state index in [1.807, 2.05) is 20.8 Å². The zero-order chi connectivity index (χ0) is 56.2. The summed E-state index contributed by atoms with van der Waals surface area (Å²) in [6.07, 6.45) is -28.2. The molecule has 3 aliphatic heterocycles. The third-order valence-electron chi connectivity index (χ3n) is 20.3.